The van der Waals surface area contributed by atoms with Crippen LogP contribution < -0.4 is 21.7 Å². The molecule has 0 saturated heterocycles. The number of carbonyl (C=O) groups is 5. The maximum Gasteiger partial charge on any atom is 0.325 e. The Kier molecular flexibility index (Phi) is 9.92. The number of rotatable bonds is 12. The van der Waals surface area contributed by atoms with Crippen LogP contribution in [0, 0.1) is 0 Å². The third kappa shape index (κ3) is 9.12. The maximum absolute atomic E-state index is 12.7. The first-order chi connectivity index (χ1) is 14.5. The zero-order valence-electron chi connectivity index (χ0n) is 16.8. The largest absolute Gasteiger partial charge is 0.508 e. The monoisotopic (exact) mass is 438 g/mol. The average molecular weight is 438 g/mol. The van der Waals surface area contributed by atoms with E-state index in [4.69, 9.17) is 15.9 Å². The highest BCUT2D eigenvalue weighted by Gasteiger charge is 2.28. The van der Waals surface area contributed by atoms with Crippen molar-refractivity contribution in [2.75, 3.05) is 6.54 Å². The molecule has 1 aromatic rings. The Morgan fingerprint density at radius 1 is 0.935 bits per heavy atom. The Morgan fingerprint density at radius 3 is 2.03 bits per heavy atom. The van der Waals surface area contributed by atoms with Gasteiger partial charge in [0.05, 0.1) is 6.54 Å². The van der Waals surface area contributed by atoms with Crippen LogP contribution in [0.15, 0.2) is 24.3 Å². The number of nitrogens with two attached hydrogens (primary N) is 1. The second-order valence-electron chi connectivity index (χ2n) is 6.76. The number of carboxylic acids is 2. The standard InChI is InChI=1S/C19H26N4O8/c1-10(19(30)31)21-18(29)14(8-11-2-4-12(24)5-3-11)23-17(28)13(6-7-16(26)27)22-15(25)9-20/h2-5,10,13-14,24H,6-9,20H2,1H3,(H,21,29)(H,22,25)(H,23,28)(H,26,27)(H,30,31). The molecular formula is C19H26N4O8. The van der Waals surface area contributed by atoms with Gasteiger partial charge in [0.15, 0.2) is 0 Å². The number of phenolic OH excluding ortho intramolecular Hbond substituents is 1. The van der Waals surface area contributed by atoms with Gasteiger partial charge in [-0.3, -0.25) is 24.0 Å². The highest BCUT2D eigenvalue weighted by molar-refractivity contribution is 5.93. The Hall–Kier alpha value is -3.67. The molecule has 0 radical (unpaired) electrons. The topological polar surface area (TPSA) is 208 Å². The fraction of sp³-hybridized carbons (Fsp3) is 0.421. The van der Waals surface area contributed by atoms with Crippen LogP contribution in [0.25, 0.3) is 0 Å². The smallest absolute Gasteiger partial charge is 0.325 e. The van der Waals surface area contributed by atoms with Crippen molar-refractivity contribution in [3.8, 4) is 5.75 Å². The van der Waals surface area contributed by atoms with Crippen LogP contribution in [0.4, 0.5) is 0 Å². The van der Waals surface area contributed by atoms with Crippen LogP contribution in [-0.2, 0) is 30.4 Å². The summed E-state index contributed by atoms with van der Waals surface area (Å²) >= 11 is 0. The first-order valence-corrected chi connectivity index (χ1v) is 9.36. The predicted molar refractivity (Wildman–Crippen MR) is 107 cm³/mol. The second kappa shape index (κ2) is 12.1. The van der Waals surface area contributed by atoms with Crippen LogP contribution in [0.1, 0.15) is 25.3 Å². The van der Waals surface area contributed by atoms with E-state index in [1.165, 1.54) is 31.2 Å². The minimum atomic E-state index is -1.28. The Balaban J connectivity index is 3.04. The maximum atomic E-state index is 12.7. The molecule has 1 aromatic carbocycles. The predicted octanol–water partition coefficient (Wildman–Crippen LogP) is -1.68. The molecule has 0 aliphatic heterocycles. The molecule has 0 fully saturated rings. The first-order valence-electron chi connectivity index (χ1n) is 9.36. The molecule has 8 N–H and O–H groups in total. The Morgan fingerprint density at radius 2 is 1.52 bits per heavy atom. The summed E-state index contributed by atoms with van der Waals surface area (Å²) in [5.74, 6) is -4.79. The van der Waals surface area contributed by atoms with Crippen molar-refractivity contribution in [2.45, 2.75) is 44.3 Å². The zero-order chi connectivity index (χ0) is 23.6. The molecule has 0 bridgehead atoms. The van der Waals surface area contributed by atoms with Gasteiger partial charge in [-0.05, 0) is 31.0 Å². The SMILES string of the molecule is CC(NC(=O)C(Cc1ccc(O)cc1)NC(=O)C(CCC(=O)O)NC(=O)CN)C(=O)O. The summed E-state index contributed by atoms with van der Waals surface area (Å²) in [6, 6.07) is 2.05. The minimum absolute atomic E-state index is 0.00785. The van der Waals surface area contributed by atoms with Gasteiger partial charge in [-0.25, -0.2) is 0 Å². The normalized spacial score (nSPS) is 13.4. The van der Waals surface area contributed by atoms with E-state index in [-0.39, 0.29) is 18.6 Å². The number of carbonyl (C=O) groups excluding carboxylic acids is 3. The van der Waals surface area contributed by atoms with E-state index < -0.39 is 60.8 Å². The number of amides is 3. The molecule has 31 heavy (non-hydrogen) atoms. The molecule has 1 rings (SSSR count). The fourth-order valence-electron chi connectivity index (χ4n) is 2.51. The summed E-state index contributed by atoms with van der Waals surface area (Å²) in [6.07, 6.45) is -0.722. The van der Waals surface area contributed by atoms with Gasteiger partial charge in [0, 0.05) is 12.8 Å². The number of phenols is 1. The van der Waals surface area contributed by atoms with Crippen molar-refractivity contribution >= 4 is 29.7 Å². The fourth-order valence-corrected chi connectivity index (χ4v) is 2.51. The number of aromatic hydroxyl groups is 1. The number of hydrogen-bond donors (Lipinski definition) is 7. The number of hydrogen-bond acceptors (Lipinski definition) is 7. The molecule has 0 heterocycles. The summed E-state index contributed by atoms with van der Waals surface area (Å²) in [7, 11) is 0. The van der Waals surface area contributed by atoms with E-state index in [0.29, 0.717) is 5.56 Å². The number of aliphatic carboxylic acids is 2. The molecule has 3 amide bonds. The van der Waals surface area contributed by atoms with Crippen LogP contribution in [0.2, 0.25) is 0 Å². The molecule has 3 unspecified atom stereocenters. The van der Waals surface area contributed by atoms with Gasteiger partial charge in [0.25, 0.3) is 0 Å². The molecule has 12 nitrogen and oxygen atoms in total. The summed E-state index contributed by atoms with van der Waals surface area (Å²) in [5, 5.41) is 34.2. The Labute approximate surface area is 177 Å². The van der Waals surface area contributed by atoms with E-state index in [1.807, 2.05) is 0 Å². The van der Waals surface area contributed by atoms with Crippen LogP contribution >= 0.6 is 0 Å². The van der Waals surface area contributed by atoms with Crippen LogP contribution in [0.5, 0.6) is 5.75 Å². The number of nitrogens with one attached hydrogen (secondary N) is 3. The van der Waals surface area contributed by atoms with E-state index >= 15 is 0 Å². The van der Waals surface area contributed by atoms with Gasteiger partial charge in [0.1, 0.15) is 23.9 Å². The van der Waals surface area contributed by atoms with Gasteiger partial charge in [-0.2, -0.15) is 0 Å². The van der Waals surface area contributed by atoms with Gasteiger partial charge in [0.2, 0.25) is 17.7 Å². The quantitative estimate of drug-likeness (QED) is 0.198. The third-order valence-electron chi connectivity index (χ3n) is 4.22. The van der Waals surface area contributed by atoms with Crippen molar-refractivity contribution in [2.24, 2.45) is 5.73 Å². The van der Waals surface area contributed by atoms with Crippen molar-refractivity contribution in [1.82, 2.24) is 16.0 Å². The molecule has 12 heteroatoms. The number of carboxylic acid groups (broad SMARTS) is 2. The highest BCUT2D eigenvalue weighted by atomic mass is 16.4. The van der Waals surface area contributed by atoms with Crippen LogP contribution in [0.3, 0.4) is 0 Å². The Bertz CT molecular complexity index is 812. The van der Waals surface area contributed by atoms with Gasteiger partial charge in [-0.1, -0.05) is 12.1 Å². The molecule has 3 atom stereocenters. The molecule has 0 saturated carbocycles. The van der Waals surface area contributed by atoms with Crippen molar-refractivity contribution < 1.29 is 39.3 Å². The molecule has 0 spiro atoms. The molecule has 170 valence electrons. The van der Waals surface area contributed by atoms with E-state index in [1.54, 1.807) is 0 Å². The zero-order valence-corrected chi connectivity index (χ0v) is 16.8. The highest BCUT2D eigenvalue weighted by Crippen LogP contribution is 2.12. The average Bonchev–Trinajstić information content (AvgIpc) is 2.71. The van der Waals surface area contributed by atoms with E-state index in [9.17, 15) is 29.1 Å². The summed E-state index contributed by atoms with van der Waals surface area (Å²) < 4.78 is 0. The lowest BCUT2D eigenvalue weighted by molar-refractivity contribution is -0.141. The molecular weight excluding hydrogens is 412 g/mol. The molecule has 0 aliphatic rings. The summed E-state index contributed by atoms with van der Waals surface area (Å²) in [4.78, 5) is 58.8. The first kappa shape index (κ1) is 25.4. The minimum Gasteiger partial charge on any atom is -0.508 e. The van der Waals surface area contributed by atoms with Crippen molar-refractivity contribution in [3.05, 3.63) is 29.8 Å². The van der Waals surface area contributed by atoms with E-state index in [0.717, 1.165) is 0 Å². The van der Waals surface area contributed by atoms with Crippen molar-refractivity contribution in [1.29, 1.82) is 0 Å². The lowest BCUT2D eigenvalue weighted by atomic mass is 10.0. The number of benzene rings is 1. The summed E-state index contributed by atoms with van der Waals surface area (Å²) in [6.45, 7) is 0.821. The molecule has 0 aliphatic carbocycles. The lowest BCUT2D eigenvalue weighted by Gasteiger charge is -2.24. The van der Waals surface area contributed by atoms with Crippen LogP contribution in [-0.4, -0.2) is 69.7 Å². The third-order valence-corrected chi connectivity index (χ3v) is 4.22. The van der Waals surface area contributed by atoms with Crippen molar-refractivity contribution in [3.63, 3.8) is 0 Å². The van der Waals surface area contributed by atoms with Gasteiger partial charge < -0.3 is 37.0 Å². The lowest BCUT2D eigenvalue weighted by Crippen LogP contribution is -2.56. The summed E-state index contributed by atoms with van der Waals surface area (Å²) in [5.41, 5.74) is 5.77. The molecule has 0 aromatic heterocycles. The van der Waals surface area contributed by atoms with Gasteiger partial charge in [-0.15, -0.1) is 0 Å². The van der Waals surface area contributed by atoms with E-state index in [2.05, 4.69) is 16.0 Å². The second-order valence-corrected chi connectivity index (χ2v) is 6.76. The van der Waals surface area contributed by atoms with Gasteiger partial charge >= 0.3 is 11.9 Å².